The molecule has 3 aromatic rings. The van der Waals surface area contributed by atoms with E-state index in [-0.39, 0.29) is 11.3 Å². The molecule has 0 aliphatic heterocycles. The van der Waals surface area contributed by atoms with Gasteiger partial charge in [0.05, 0.1) is 18.5 Å². The molecule has 0 atom stereocenters. The quantitative estimate of drug-likeness (QED) is 0.624. The Morgan fingerprint density at radius 1 is 1.12 bits per heavy atom. The summed E-state index contributed by atoms with van der Waals surface area (Å²) in [5.74, 6) is -0.00393. The molecule has 0 amide bonds. The summed E-state index contributed by atoms with van der Waals surface area (Å²) >= 11 is 0. The van der Waals surface area contributed by atoms with Crippen molar-refractivity contribution < 1.29 is 9.84 Å². The van der Waals surface area contributed by atoms with Gasteiger partial charge < -0.3 is 9.84 Å². The van der Waals surface area contributed by atoms with E-state index >= 15 is 0 Å². The van der Waals surface area contributed by atoms with Crippen LogP contribution in [0.15, 0.2) is 58.1 Å². The zero-order valence-corrected chi connectivity index (χ0v) is 14.2. The third kappa shape index (κ3) is 2.90. The number of nitrogens with zero attached hydrogens (tertiary/aromatic N) is 1. The number of aromatic nitrogens is 2. The maximum absolute atomic E-state index is 12.3. The maximum Gasteiger partial charge on any atom is 0.335 e. The van der Waals surface area contributed by atoms with Crippen molar-refractivity contribution in [3.05, 3.63) is 86.1 Å². The fraction of sp³-hybridized carbons (Fsp3) is 0.105. The Labute approximate surface area is 148 Å². The largest absolute Gasteiger partial charge is 0.497 e. The van der Waals surface area contributed by atoms with Gasteiger partial charge in [-0.2, -0.15) is 0 Å². The van der Waals surface area contributed by atoms with E-state index in [1.807, 2.05) is 6.07 Å². The van der Waals surface area contributed by atoms with Crippen LogP contribution in [0.25, 0.3) is 5.69 Å². The number of aromatic amines is 1. The minimum Gasteiger partial charge on any atom is -0.497 e. The van der Waals surface area contributed by atoms with Gasteiger partial charge in [-0.3, -0.25) is 15.2 Å². The lowest BCUT2D eigenvalue weighted by molar-refractivity contribution is 0.414. The van der Waals surface area contributed by atoms with Crippen LogP contribution >= 0.6 is 0 Å². The predicted octanol–water partition coefficient (Wildman–Crippen LogP) is 1.96. The lowest BCUT2D eigenvalue weighted by Crippen LogP contribution is -2.33. The van der Waals surface area contributed by atoms with E-state index in [2.05, 4.69) is 4.98 Å². The van der Waals surface area contributed by atoms with Crippen molar-refractivity contribution in [3.63, 3.8) is 0 Å². The number of aromatic hydroxyl groups is 1. The van der Waals surface area contributed by atoms with Crippen LogP contribution in [0.4, 0.5) is 0 Å². The first-order valence-electron chi connectivity index (χ1n) is 7.81. The first-order chi connectivity index (χ1) is 12.4. The fourth-order valence-electron chi connectivity index (χ4n) is 2.71. The standard InChI is InChI=1S/C19H17N3O4/c1-11-5-3-4-6-14(11)16(20)15-17(23)21-19(25)22(18(15)24)12-7-9-13(26-2)10-8-12/h3-10,20,24H,1-2H3,(H,21,23,25). The highest BCUT2D eigenvalue weighted by Crippen LogP contribution is 2.22. The zero-order valence-electron chi connectivity index (χ0n) is 14.2. The molecule has 0 aliphatic rings. The minimum atomic E-state index is -0.814. The molecule has 0 saturated carbocycles. The number of rotatable bonds is 4. The van der Waals surface area contributed by atoms with Crippen LogP contribution in [0.3, 0.4) is 0 Å². The van der Waals surface area contributed by atoms with Crippen LogP contribution in [0, 0.1) is 12.3 Å². The van der Waals surface area contributed by atoms with Gasteiger partial charge in [0, 0.05) is 5.56 Å². The van der Waals surface area contributed by atoms with Crippen LogP contribution in [-0.4, -0.2) is 27.5 Å². The molecule has 0 fully saturated rings. The third-order valence-corrected chi connectivity index (χ3v) is 4.08. The second-order valence-corrected chi connectivity index (χ2v) is 5.68. The summed E-state index contributed by atoms with van der Waals surface area (Å²) in [6, 6.07) is 13.4. The molecule has 0 saturated heterocycles. The van der Waals surface area contributed by atoms with Gasteiger partial charge in [-0.05, 0) is 36.8 Å². The summed E-state index contributed by atoms with van der Waals surface area (Å²) in [6.07, 6.45) is 0. The van der Waals surface area contributed by atoms with Crippen molar-refractivity contribution in [2.24, 2.45) is 0 Å². The smallest absolute Gasteiger partial charge is 0.335 e. The number of H-pyrrole nitrogens is 1. The van der Waals surface area contributed by atoms with E-state index in [0.29, 0.717) is 17.0 Å². The molecule has 7 heteroatoms. The molecule has 1 aromatic heterocycles. The van der Waals surface area contributed by atoms with Crippen molar-refractivity contribution in [1.82, 2.24) is 9.55 Å². The maximum atomic E-state index is 12.3. The summed E-state index contributed by atoms with van der Waals surface area (Å²) in [5.41, 5.74) is -0.432. The van der Waals surface area contributed by atoms with Crippen LogP contribution in [0.5, 0.6) is 11.6 Å². The van der Waals surface area contributed by atoms with E-state index in [1.165, 1.54) is 7.11 Å². The van der Waals surface area contributed by atoms with Gasteiger partial charge in [0.2, 0.25) is 5.88 Å². The number of benzene rings is 2. The zero-order chi connectivity index (χ0) is 18.8. The normalized spacial score (nSPS) is 10.5. The molecule has 0 radical (unpaired) electrons. The van der Waals surface area contributed by atoms with Crippen LogP contribution in [-0.2, 0) is 0 Å². The summed E-state index contributed by atoms with van der Waals surface area (Å²) in [5, 5.41) is 19.0. The Morgan fingerprint density at radius 3 is 2.38 bits per heavy atom. The Morgan fingerprint density at radius 2 is 1.77 bits per heavy atom. The highest BCUT2D eigenvalue weighted by atomic mass is 16.5. The van der Waals surface area contributed by atoms with Crippen molar-refractivity contribution >= 4 is 5.71 Å². The Hall–Kier alpha value is -3.61. The second kappa shape index (κ2) is 6.72. The number of ether oxygens (including phenoxy) is 1. The van der Waals surface area contributed by atoms with Gasteiger partial charge >= 0.3 is 5.69 Å². The summed E-state index contributed by atoms with van der Waals surface area (Å²) in [7, 11) is 1.51. The first kappa shape index (κ1) is 17.2. The minimum absolute atomic E-state index is 0.163. The van der Waals surface area contributed by atoms with Gasteiger partial charge in [-0.25, -0.2) is 9.36 Å². The summed E-state index contributed by atoms with van der Waals surface area (Å²) in [6.45, 7) is 1.80. The lowest BCUT2D eigenvalue weighted by atomic mass is 10.00. The van der Waals surface area contributed by atoms with Crippen molar-refractivity contribution in [3.8, 4) is 17.3 Å². The number of aryl methyl sites for hydroxylation is 1. The molecule has 3 rings (SSSR count). The van der Waals surface area contributed by atoms with Crippen molar-refractivity contribution in [1.29, 1.82) is 5.41 Å². The summed E-state index contributed by atoms with van der Waals surface area (Å²) in [4.78, 5) is 26.7. The molecule has 26 heavy (non-hydrogen) atoms. The fourth-order valence-corrected chi connectivity index (χ4v) is 2.71. The molecule has 1 heterocycles. The molecule has 3 N–H and O–H groups in total. The van der Waals surface area contributed by atoms with Gasteiger partial charge in [0.25, 0.3) is 5.56 Å². The average molecular weight is 351 g/mol. The monoisotopic (exact) mass is 351 g/mol. The number of nitrogens with one attached hydrogen (secondary N) is 2. The highest BCUT2D eigenvalue weighted by Gasteiger charge is 2.21. The predicted molar refractivity (Wildman–Crippen MR) is 98.0 cm³/mol. The van der Waals surface area contributed by atoms with E-state index in [0.717, 1.165) is 10.1 Å². The van der Waals surface area contributed by atoms with Crippen molar-refractivity contribution in [2.45, 2.75) is 6.92 Å². The number of hydrogen-bond donors (Lipinski definition) is 3. The number of methoxy groups -OCH3 is 1. The van der Waals surface area contributed by atoms with Gasteiger partial charge in [-0.1, -0.05) is 24.3 Å². The SMILES string of the molecule is COc1ccc(-n2c(O)c(C(=N)c3ccccc3C)c(=O)[nH]c2=O)cc1. The lowest BCUT2D eigenvalue weighted by Gasteiger charge is -2.13. The molecule has 0 aliphatic carbocycles. The Bertz CT molecular complexity index is 1100. The second-order valence-electron chi connectivity index (χ2n) is 5.68. The molecule has 0 bridgehead atoms. The molecule has 0 spiro atoms. The topological polar surface area (TPSA) is 108 Å². The Kier molecular flexibility index (Phi) is 4.45. The molecule has 132 valence electrons. The van der Waals surface area contributed by atoms with Crippen LogP contribution in [0.1, 0.15) is 16.7 Å². The third-order valence-electron chi connectivity index (χ3n) is 4.08. The Balaban J connectivity index is 2.22. The van der Waals surface area contributed by atoms with E-state index < -0.39 is 17.1 Å². The van der Waals surface area contributed by atoms with Gasteiger partial charge in [-0.15, -0.1) is 0 Å². The van der Waals surface area contributed by atoms with E-state index in [4.69, 9.17) is 10.1 Å². The summed E-state index contributed by atoms with van der Waals surface area (Å²) < 4.78 is 6.02. The highest BCUT2D eigenvalue weighted by molar-refractivity contribution is 6.12. The molecular formula is C19H17N3O4. The molecule has 2 aromatic carbocycles. The molecule has 0 unspecified atom stereocenters. The van der Waals surface area contributed by atoms with Crippen molar-refractivity contribution in [2.75, 3.05) is 7.11 Å². The average Bonchev–Trinajstić information content (AvgIpc) is 2.62. The van der Waals surface area contributed by atoms with Crippen LogP contribution < -0.4 is 16.0 Å². The van der Waals surface area contributed by atoms with Crippen LogP contribution in [0.2, 0.25) is 0 Å². The van der Waals surface area contributed by atoms with Gasteiger partial charge in [0.1, 0.15) is 11.3 Å². The molecule has 7 nitrogen and oxygen atoms in total. The number of hydrogen-bond acceptors (Lipinski definition) is 5. The van der Waals surface area contributed by atoms with Gasteiger partial charge in [0.15, 0.2) is 0 Å². The first-order valence-corrected chi connectivity index (χ1v) is 7.81. The van der Waals surface area contributed by atoms with E-state index in [1.54, 1.807) is 49.4 Å². The molecular weight excluding hydrogens is 334 g/mol. The van der Waals surface area contributed by atoms with E-state index in [9.17, 15) is 14.7 Å².